The first-order valence-corrected chi connectivity index (χ1v) is 9.22. The number of hydrogen-bond acceptors (Lipinski definition) is 5. The second-order valence-electron chi connectivity index (χ2n) is 5.54. The third kappa shape index (κ3) is 6.54. The zero-order valence-corrected chi connectivity index (χ0v) is 14.2. The van der Waals surface area contributed by atoms with Gasteiger partial charge in [-0.1, -0.05) is 20.8 Å². The van der Waals surface area contributed by atoms with Crippen molar-refractivity contribution in [2.75, 3.05) is 25.9 Å². The van der Waals surface area contributed by atoms with Gasteiger partial charge in [0.2, 0.25) is 10.0 Å². The molecule has 8 heteroatoms. The van der Waals surface area contributed by atoms with Crippen LogP contribution in [-0.2, 0) is 23.1 Å². The number of aromatic nitrogens is 3. The zero-order valence-electron chi connectivity index (χ0n) is 13.4. The van der Waals surface area contributed by atoms with Crippen molar-refractivity contribution in [2.24, 2.45) is 5.92 Å². The van der Waals surface area contributed by atoms with Crippen LogP contribution < -0.4 is 5.32 Å². The van der Waals surface area contributed by atoms with E-state index in [-0.39, 0.29) is 0 Å². The molecule has 0 fully saturated rings. The summed E-state index contributed by atoms with van der Waals surface area (Å²) >= 11 is 0. The van der Waals surface area contributed by atoms with Crippen LogP contribution in [0.15, 0.2) is 6.33 Å². The van der Waals surface area contributed by atoms with Gasteiger partial charge in [0.15, 0.2) is 0 Å². The maximum atomic E-state index is 11.4. The number of rotatable bonds is 10. The molecule has 1 heterocycles. The molecule has 0 aromatic carbocycles. The monoisotopic (exact) mass is 317 g/mol. The quantitative estimate of drug-likeness (QED) is 0.642. The molecule has 0 aliphatic rings. The minimum atomic E-state index is -3.09. The van der Waals surface area contributed by atoms with Crippen molar-refractivity contribution in [2.45, 2.75) is 40.3 Å². The molecule has 0 bridgehead atoms. The fraction of sp³-hybridized carbons (Fsp3) is 0.846. The number of nitrogens with one attached hydrogen (secondary N) is 1. The van der Waals surface area contributed by atoms with Gasteiger partial charge in [-0.15, -0.1) is 0 Å². The van der Waals surface area contributed by atoms with Gasteiger partial charge in [-0.3, -0.25) is 0 Å². The lowest BCUT2D eigenvalue weighted by molar-refractivity contribution is 0.415. The molecule has 21 heavy (non-hydrogen) atoms. The molecule has 1 N–H and O–H groups in total. The first-order valence-electron chi connectivity index (χ1n) is 7.37. The van der Waals surface area contributed by atoms with Gasteiger partial charge in [0.1, 0.15) is 12.2 Å². The highest BCUT2D eigenvalue weighted by Crippen LogP contribution is 2.01. The summed E-state index contributed by atoms with van der Waals surface area (Å²) in [7, 11) is -3.09. The molecule has 0 spiro atoms. The molecule has 0 unspecified atom stereocenters. The summed E-state index contributed by atoms with van der Waals surface area (Å²) < 4.78 is 26.3. The molecule has 0 atom stereocenters. The molecule has 0 saturated heterocycles. The van der Waals surface area contributed by atoms with E-state index < -0.39 is 10.0 Å². The Labute approximate surface area is 127 Å². The first-order chi connectivity index (χ1) is 9.84. The molecule has 0 aliphatic carbocycles. The van der Waals surface area contributed by atoms with E-state index in [1.807, 2.05) is 11.6 Å². The average Bonchev–Trinajstić information content (AvgIpc) is 2.78. The van der Waals surface area contributed by atoms with Crippen LogP contribution in [0, 0.1) is 5.92 Å². The van der Waals surface area contributed by atoms with Crippen molar-refractivity contribution in [3.8, 4) is 0 Å². The minimum Gasteiger partial charge on any atom is -0.310 e. The van der Waals surface area contributed by atoms with Crippen LogP contribution in [0.4, 0.5) is 0 Å². The standard InChI is InChI=1S/C13H27N5O2S/c1-5-17(21(4,19)20)8-6-7-14-9-13-15-11-16-18(13)10-12(2)3/h11-12,14H,5-10H2,1-4H3. The van der Waals surface area contributed by atoms with E-state index in [0.29, 0.717) is 25.6 Å². The lowest BCUT2D eigenvalue weighted by Crippen LogP contribution is -2.32. The van der Waals surface area contributed by atoms with Crippen LogP contribution in [0.25, 0.3) is 0 Å². The highest BCUT2D eigenvalue weighted by Gasteiger charge is 2.13. The van der Waals surface area contributed by atoms with Crippen LogP contribution in [-0.4, -0.2) is 53.4 Å². The van der Waals surface area contributed by atoms with Gasteiger partial charge in [0.05, 0.1) is 12.8 Å². The second-order valence-corrected chi connectivity index (χ2v) is 7.52. The van der Waals surface area contributed by atoms with Crippen LogP contribution in [0.3, 0.4) is 0 Å². The lowest BCUT2D eigenvalue weighted by Gasteiger charge is -2.17. The predicted octanol–water partition coefficient (Wildman–Crippen LogP) is 0.695. The molecular formula is C13H27N5O2S. The van der Waals surface area contributed by atoms with Crippen LogP contribution in [0.2, 0.25) is 0 Å². The highest BCUT2D eigenvalue weighted by atomic mass is 32.2. The molecule has 1 rings (SSSR count). The summed E-state index contributed by atoms with van der Waals surface area (Å²) in [6.45, 7) is 9.45. The van der Waals surface area contributed by atoms with Gasteiger partial charge in [0.25, 0.3) is 0 Å². The largest absolute Gasteiger partial charge is 0.310 e. The third-order valence-corrected chi connectivity index (χ3v) is 4.48. The maximum Gasteiger partial charge on any atom is 0.211 e. The SMILES string of the molecule is CCN(CCCNCc1ncnn1CC(C)C)S(C)(=O)=O. The summed E-state index contributed by atoms with van der Waals surface area (Å²) in [6.07, 6.45) is 3.60. The fourth-order valence-corrected chi connectivity index (χ4v) is 2.99. The Kier molecular flexibility index (Phi) is 7.27. The Hall–Kier alpha value is -0.990. The Bertz CT molecular complexity index is 512. The van der Waals surface area contributed by atoms with Crippen molar-refractivity contribution in [1.29, 1.82) is 0 Å². The van der Waals surface area contributed by atoms with E-state index >= 15 is 0 Å². The Morgan fingerprint density at radius 3 is 2.71 bits per heavy atom. The number of hydrogen-bond donors (Lipinski definition) is 1. The van der Waals surface area contributed by atoms with E-state index in [1.54, 1.807) is 6.33 Å². The van der Waals surface area contributed by atoms with E-state index in [0.717, 1.165) is 25.3 Å². The predicted molar refractivity (Wildman–Crippen MR) is 83.3 cm³/mol. The number of nitrogens with zero attached hydrogens (tertiary/aromatic N) is 4. The molecule has 7 nitrogen and oxygen atoms in total. The van der Waals surface area contributed by atoms with Crippen molar-refractivity contribution in [3.63, 3.8) is 0 Å². The average molecular weight is 317 g/mol. The Balaban J connectivity index is 2.30. The zero-order chi connectivity index (χ0) is 15.9. The van der Waals surface area contributed by atoms with Crippen molar-refractivity contribution in [3.05, 3.63) is 12.2 Å². The van der Waals surface area contributed by atoms with Gasteiger partial charge >= 0.3 is 0 Å². The summed E-state index contributed by atoms with van der Waals surface area (Å²) in [5.41, 5.74) is 0. The molecule has 1 aromatic heterocycles. The van der Waals surface area contributed by atoms with Gasteiger partial charge < -0.3 is 5.32 Å². The molecule has 1 aromatic rings. The van der Waals surface area contributed by atoms with Gasteiger partial charge in [0, 0.05) is 19.6 Å². The highest BCUT2D eigenvalue weighted by molar-refractivity contribution is 7.88. The summed E-state index contributed by atoms with van der Waals surface area (Å²) in [4.78, 5) is 4.24. The smallest absolute Gasteiger partial charge is 0.211 e. The molecule has 0 aliphatic heterocycles. The van der Waals surface area contributed by atoms with Gasteiger partial charge in [-0.2, -0.15) is 5.10 Å². The maximum absolute atomic E-state index is 11.4. The lowest BCUT2D eigenvalue weighted by atomic mass is 10.2. The second kappa shape index (κ2) is 8.45. The summed E-state index contributed by atoms with van der Waals surface area (Å²) in [5, 5.41) is 7.49. The van der Waals surface area contributed by atoms with Gasteiger partial charge in [-0.05, 0) is 18.9 Å². The topological polar surface area (TPSA) is 80.1 Å². The molecule has 122 valence electrons. The minimum absolute atomic E-state index is 0.515. The fourth-order valence-electron chi connectivity index (χ4n) is 2.06. The van der Waals surface area contributed by atoms with E-state index in [4.69, 9.17) is 0 Å². The van der Waals surface area contributed by atoms with Crippen molar-refractivity contribution >= 4 is 10.0 Å². The Morgan fingerprint density at radius 2 is 2.14 bits per heavy atom. The molecule has 0 saturated carbocycles. The van der Waals surface area contributed by atoms with Crippen LogP contribution in [0.1, 0.15) is 33.0 Å². The van der Waals surface area contributed by atoms with Crippen LogP contribution >= 0.6 is 0 Å². The van der Waals surface area contributed by atoms with Gasteiger partial charge in [-0.25, -0.2) is 22.4 Å². The number of sulfonamides is 1. The summed E-state index contributed by atoms with van der Waals surface area (Å²) in [6, 6.07) is 0. The van der Waals surface area contributed by atoms with Crippen LogP contribution in [0.5, 0.6) is 0 Å². The first kappa shape index (κ1) is 18.1. The van der Waals surface area contributed by atoms with E-state index in [9.17, 15) is 8.42 Å². The summed E-state index contributed by atoms with van der Waals surface area (Å²) in [5.74, 6) is 1.44. The molecular weight excluding hydrogens is 290 g/mol. The Morgan fingerprint density at radius 1 is 1.43 bits per heavy atom. The normalized spacial score (nSPS) is 12.5. The van der Waals surface area contributed by atoms with Crippen molar-refractivity contribution < 1.29 is 8.42 Å². The van der Waals surface area contributed by atoms with E-state index in [2.05, 4.69) is 29.2 Å². The molecule has 0 radical (unpaired) electrons. The van der Waals surface area contributed by atoms with E-state index in [1.165, 1.54) is 10.6 Å². The third-order valence-electron chi connectivity index (χ3n) is 3.10. The van der Waals surface area contributed by atoms with Crippen molar-refractivity contribution in [1.82, 2.24) is 24.4 Å². The molecule has 0 amide bonds.